The van der Waals surface area contributed by atoms with E-state index < -0.39 is 16.8 Å². The van der Waals surface area contributed by atoms with Gasteiger partial charge in [0.1, 0.15) is 6.61 Å². The van der Waals surface area contributed by atoms with Crippen LogP contribution in [-0.2, 0) is 19.1 Å². The molecular formula is C13H22O5. The van der Waals surface area contributed by atoms with Crippen molar-refractivity contribution >= 4 is 11.9 Å². The second kappa shape index (κ2) is 5.26. The van der Waals surface area contributed by atoms with Crippen LogP contribution in [0.25, 0.3) is 0 Å². The number of rotatable bonds is 5. The minimum Gasteiger partial charge on any atom is -0.481 e. The predicted octanol–water partition coefficient (Wildman–Crippen LogP) is 1.70. The largest absolute Gasteiger partial charge is 0.481 e. The predicted molar refractivity (Wildman–Crippen MR) is 65.1 cm³/mol. The fourth-order valence-corrected chi connectivity index (χ4v) is 2.62. The number of carbonyl (C=O) groups is 2. The van der Waals surface area contributed by atoms with Crippen molar-refractivity contribution in [1.82, 2.24) is 0 Å². The summed E-state index contributed by atoms with van der Waals surface area (Å²) in [7, 11) is 1.54. The highest BCUT2D eigenvalue weighted by atomic mass is 16.6. The van der Waals surface area contributed by atoms with Gasteiger partial charge in [0.25, 0.3) is 0 Å². The van der Waals surface area contributed by atoms with Gasteiger partial charge in [-0.1, -0.05) is 13.8 Å². The smallest absolute Gasteiger partial charge is 0.309 e. The molecule has 2 unspecified atom stereocenters. The minimum atomic E-state index is -0.877. The second-order valence-electron chi connectivity index (χ2n) is 5.61. The lowest BCUT2D eigenvalue weighted by Gasteiger charge is -2.37. The molecule has 18 heavy (non-hydrogen) atoms. The molecule has 0 aromatic rings. The van der Waals surface area contributed by atoms with Gasteiger partial charge in [0.15, 0.2) is 0 Å². The van der Waals surface area contributed by atoms with Gasteiger partial charge in [0, 0.05) is 7.11 Å². The summed E-state index contributed by atoms with van der Waals surface area (Å²) in [5.74, 6) is -1.53. The van der Waals surface area contributed by atoms with Crippen molar-refractivity contribution in [2.75, 3.05) is 20.3 Å². The summed E-state index contributed by atoms with van der Waals surface area (Å²) in [5, 5.41) is 9.35. The van der Waals surface area contributed by atoms with Crippen molar-refractivity contribution < 1.29 is 24.2 Å². The van der Waals surface area contributed by atoms with Crippen molar-refractivity contribution in [1.29, 1.82) is 0 Å². The summed E-state index contributed by atoms with van der Waals surface area (Å²) in [4.78, 5) is 23.4. The Hall–Kier alpha value is -1.10. The fourth-order valence-electron chi connectivity index (χ4n) is 2.62. The third-order valence-electron chi connectivity index (χ3n) is 4.51. The van der Waals surface area contributed by atoms with Gasteiger partial charge in [-0.25, -0.2) is 0 Å². The maximum Gasteiger partial charge on any atom is 0.309 e. The molecule has 0 saturated heterocycles. The molecule has 0 spiro atoms. The molecule has 1 fully saturated rings. The van der Waals surface area contributed by atoms with Crippen molar-refractivity contribution in [2.45, 2.75) is 33.6 Å². The molecule has 0 amide bonds. The van der Waals surface area contributed by atoms with Crippen LogP contribution < -0.4 is 0 Å². The topological polar surface area (TPSA) is 72.8 Å². The number of methoxy groups -OCH3 is 1. The van der Waals surface area contributed by atoms with Crippen LogP contribution in [0.15, 0.2) is 0 Å². The first-order valence-corrected chi connectivity index (χ1v) is 6.16. The molecule has 1 aliphatic rings. The molecule has 5 nitrogen and oxygen atoms in total. The molecule has 1 aliphatic carbocycles. The molecule has 0 aromatic carbocycles. The lowest BCUT2D eigenvalue weighted by atomic mass is 9.66. The highest BCUT2D eigenvalue weighted by Crippen LogP contribution is 2.56. The van der Waals surface area contributed by atoms with Crippen LogP contribution in [0.2, 0.25) is 0 Å². The summed E-state index contributed by atoms with van der Waals surface area (Å²) >= 11 is 0. The van der Waals surface area contributed by atoms with E-state index in [1.165, 1.54) is 7.11 Å². The molecular weight excluding hydrogens is 236 g/mol. The van der Waals surface area contributed by atoms with E-state index in [0.29, 0.717) is 19.4 Å². The molecule has 1 rings (SSSR count). The lowest BCUT2D eigenvalue weighted by molar-refractivity contribution is -0.160. The van der Waals surface area contributed by atoms with Crippen molar-refractivity contribution in [2.24, 2.45) is 16.7 Å². The van der Waals surface area contributed by atoms with E-state index in [9.17, 15) is 14.7 Å². The Morgan fingerprint density at radius 3 is 2.33 bits per heavy atom. The Morgan fingerprint density at radius 2 is 1.89 bits per heavy atom. The molecule has 1 N–H and O–H groups in total. The van der Waals surface area contributed by atoms with Crippen LogP contribution in [-0.4, -0.2) is 37.4 Å². The van der Waals surface area contributed by atoms with E-state index in [0.717, 1.165) is 0 Å². The number of esters is 1. The summed E-state index contributed by atoms with van der Waals surface area (Å²) in [6.45, 7) is 5.94. The SMILES string of the molecule is COCCOC(=O)C1CCC(C)(C(=O)O)C1(C)C. The number of aliphatic carboxylic acids is 1. The fraction of sp³-hybridized carbons (Fsp3) is 0.846. The number of carboxylic acid groups (broad SMARTS) is 1. The molecule has 0 heterocycles. The number of hydrogen-bond acceptors (Lipinski definition) is 4. The molecule has 0 radical (unpaired) electrons. The Morgan fingerprint density at radius 1 is 1.28 bits per heavy atom. The molecule has 0 aromatic heterocycles. The first-order chi connectivity index (χ1) is 8.27. The van der Waals surface area contributed by atoms with Crippen molar-refractivity contribution in [3.8, 4) is 0 Å². The van der Waals surface area contributed by atoms with Crippen LogP contribution in [0.5, 0.6) is 0 Å². The van der Waals surface area contributed by atoms with Gasteiger partial charge in [-0.3, -0.25) is 9.59 Å². The average molecular weight is 258 g/mol. The van der Waals surface area contributed by atoms with Gasteiger partial charge in [0.2, 0.25) is 0 Å². The van der Waals surface area contributed by atoms with Gasteiger partial charge in [-0.15, -0.1) is 0 Å². The van der Waals surface area contributed by atoms with Gasteiger partial charge in [-0.2, -0.15) is 0 Å². The molecule has 104 valence electrons. The van der Waals surface area contributed by atoms with Crippen molar-refractivity contribution in [3.63, 3.8) is 0 Å². The molecule has 2 atom stereocenters. The molecule has 0 bridgehead atoms. The Bertz CT molecular complexity index is 336. The molecule has 0 aliphatic heterocycles. The standard InChI is InChI=1S/C13H22O5/c1-12(2)9(10(14)18-8-7-17-4)5-6-13(12,3)11(15)16/h9H,5-8H2,1-4H3,(H,15,16). The zero-order valence-electron chi connectivity index (χ0n) is 11.5. The van der Waals surface area contributed by atoms with E-state index in [-0.39, 0.29) is 18.5 Å². The van der Waals surface area contributed by atoms with E-state index in [2.05, 4.69) is 0 Å². The maximum absolute atomic E-state index is 12.0. The summed E-state index contributed by atoms with van der Waals surface area (Å²) in [6, 6.07) is 0. The van der Waals surface area contributed by atoms with E-state index >= 15 is 0 Å². The first-order valence-electron chi connectivity index (χ1n) is 6.16. The van der Waals surface area contributed by atoms with Gasteiger partial charge >= 0.3 is 11.9 Å². The Balaban J connectivity index is 2.75. The van der Waals surface area contributed by atoms with Gasteiger partial charge in [-0.05, 0) is 25.2 Å². The minimum absolute atomic E-state index is 0.214. The van der Waals surface area contributed by atoms with Crippen LogP contribution in [0, 0.1) is 16.7 Å². The van der Waals surface area contributed by atoms with E-state index in [1.54, 1.807) is 6.92 Å². The first kappa shape index (κ1) is 15.0. The van der Waals surface area contributed by atoms with Crippen LogP contribution in [0.3, 0.4) is 0 Å². The van der Waals surface area contributed by atoms with Crippen molar-refractivity contribution in [3.05, 3.63) is 0 Å². The van der Waals surface area contributed by atoms with Gasteiger partial charge in [0.05, 0.1) is 17.9 Å². The maximum atomic E-state index is 12.0. The molecule has 1 saturated carbocycles. The zero-order chi connectivity index (χ0) is 14.0. The third kappa shape index (κ3) is 2.36. The number of ether oxygens (including phenoxy) is 2. The van der Waals surface area contributed by atoms with E-state index in [4.69, 9.17) is 9.47 Å². The quantitative estimate of drug-likeness (QED) is 0.600. The monoisotopic (exact) mass is 258 g/mol. The molecule has 5 heteroatoms. The van der Waals surface area contributed by atoms with Crippen LogP contribution in [0.1, 0.15) is 33.6 Å². The highest BCUT2D eigenvalue weighted by Gasteiger charge is 2.58. The summed E-state index contributed by atoms with van der Waals surface area (Å²) in [6.07, 6.45) is 1.06. The number of hydrogen-bond donors (Lipinski definition) is 1. The van der Waals surface area contributed by atoms with Gasteiger partial charge < -0.3 is 14.6 Å². The second-order valence-corrected chi connectivity index (χ2v) is 5.61. The Kier molecular flexibility index (Phi) is 4.37. The normalized spacial score (nSPS) is 30.1. The third-order valence-corrected chi connectivity index (χ3v) is 4.51. The Labute approximate surface area is 107 Å². The summed E-state index contributed by atoms with van der Waals surface area (Å²) < 4.78 is 9.93. The van der Waals surface area contributed by atoms with E-state index in [1.807, 2.05) is 13.8 Å². The van der Waals surface area contributed by atoms with Crippen LogP contribution >= 0.6 is 0 Å². The average Bonchev–Trinajstić information content (AvgIpc) is 2.52. The summed E-state index contributed by atoms with van der Waals surface area (Å²) in [5.41, 5.74) is -1.49. The number of carbonyl (C=O) groups excluding carboxylic acids is 1. The van der Waals surface area contributed by atoms with Crippen LogP contribution in [0.4, 0.5) is 0 Å². The lowest BCUT2D eigenvalue weighted by Crippen LogP contribution is -2.43. The number of carboxylic acids is 1. The highest BCUT2D eigenvalue weighted by molar-refractivity contribution is 5.80. The zero-order valence-corrected chi connectivity index (χ0v) is 11.5.